The molecule has 1 fully saturated rings. The molecule has 2 rings (SSSR count). The number of amides is 4. The summed E-state index contributed by atoms with van der Waals surface area (Å²) >= 11 is 3.42. The van der Waals surface area contributed by atoms with E-state index in [0.717, 1.165) is 10.0 Å². The highest BCUT2D eigenvalue weighted by atomic mass is 79.9. The van der Waals surface area contributed by atoms with Gasteiger partial charge in [-0.1, -0.05) is 28.1 Å². The van der Waals surface area contributed by atoms with Crippen molar-refractivity contribution in [3.8, 4) is 0 Å². The molecule has 1 saturated heterocycles. The molecular weight excluding hydrogens is 364 g/mol. The molecule has 1 aliphatic heterocycles. The van der Waals surface area contributed by atoms with Crippen LogP contribution in [0.15, 0.2) is 28.7 Å². The van der Waals surface area contributed by atoms with Gasteiger partial charge in [0.05, 0.1) is 0 Å². The summed E-state index contributed by atoms with van der Waals surface area (Å²) in [6.45, 7) is 1.87. The van der Waals surface area contributed by atoms with Gasteiger partial charge in [0, 0.05) is 24.0 Å². The van der Waals surface area contributed by atoms with Crippen LogP contribution in [0.2, 0.25) is 0 Å². The highest BCUT2D eigenvalue weighted by Crippen LogP contribution is 2.25. The molecule has 124 valence electrons. The molecule has 4 amide bonds. The van der Waals surface area contributed by atoms with Crippen molar-refractivity contribution in [3.05, 3.63) is 34.3 Å². The maximum Gasteiger partial charge on any atom is 0.318 e. The molecule has 1 aromatic carbocycles. The monoisotopic (exact) mass is 382 g/mol. The Hall–Kier alpha value is -1.93. The summed E-state index contributed by atoms with van der Waals surface area (Å²) in [4.78, 5) is 36.3. The molecule has 8 heteroatoms. The van der Waals surface area contributed by atoms with Crippen LogP contribution in [0.4, 0.5) is 4.79 Å². The second-order valence-electron chi connectivity index (χ2n) is 5.30. The zero-order valence-corrected chi connectivity index (χ0v) is 14.1. The van der Waals surface area contributed by atoms with Crippen molar-refractivity contribution >= 4 is 33.8 Å². The van der Waals surface area contributed by atoms with Gasteiger partial charge in [0.15, 0.2) is 0 Å². The van der Waals surface area contributed by atoms with Crippen molar-refractivity contribution in [2.24, 2.45) is 5.73 Å². The normalized spacial score (nSPS) is 18.3. The van der Waals surface area contributed by atoms with Crippen molar-refractivity contribution < 1.29 is 14.4 Å². The Balaban J connectivity index is 1.99. The third-order valence-corrected chi connectivity index (χ3v) is 4.08. The fourth-order valence-electron chi connectivity index (χ4n) is 2.64. The van der Waals surface area contributed by atoms with Crippen LogP contribution >= 0.6 is 15.9 Å². The van der Waals surface area contributed by atoms with Crippen LogP contribution in [-0.4, -0.2) is 42.4 Å². The van der Waals surface area contributed by atoms with Crippen LogP contribution in [0.25, 0.3) is 0 Å². The average molecular weight is 383 g/mol. The molecule has 1 aliphatic rings. The lowest BCUT2D eigenvalue weighted by molar-refractivity contribution is -0.129. The molecule has 0 radical (unpaired) electrons. The zero-order chi connectivity index (χ0) is 16.8. The Morgan fingerprint density at radius 1 is 1.43 bits per heavy atom. The van der Waals surface area contributed by atoms with Gasteiger partial charge in [0.2, 0.25) is 11.8 Å². The van der Waals surface area contributed by atoms with E-state index in [1.165, 1.54) is 0 Å². The molecule has 4 N–H and O–H groups in total. The van der Waals surface area contributed by atoms with E-state index >= 15 is 0 Å². The number of rotatable bonds is 5. The van der Waals surface area contributed by atoms with Gasteiger partial charge in [-0.3, -0.25) is 19.8 Å². The maximum atomic E-state index is 12.3. The van der Waals surface area contributed by atoms with Gasteiger partial charge in [-0.05, 0) is 30.7 Å². The molecule has 1 heterocycles. The number of primary amides is 1. The molecule has 1 atom stereocenters. The minimum atomic E-state index is -0.848. The van der Waals surface area contributed by atoms with Gasteiger partial charge in [0.1, 0.15) is 6.04 Å². The first-order chi connectivity index (χ1) is 11.0. The van der Waals surface area contributed by atoms with Crippen LogP contribution in [-0.2, 0) is 9.59 Å². The number of benzene rings is 1. The summed E-state index contributed by atoms with van der Waals surface area (Å²) in [7, 11) is 0. The Morgan fingerprint density at radius 3 is 2.91 bits per heavy atom. The average Bonchev–Trinajstić information content (AvgIpc) is 2.46. The quantitative estimate of drug-likeness (QED) is 0.703. The minimum absolute atomic E-state index is 0.0454. The molecule has 0 aliphatic carbocycles. The number of nitrogens with two attached hydrogens (primary N) is 1. The van der Waals surface area contributed by atoms with E-state index < -0.39 is 11.9 Å². The predicted molar refractivity (Wildman–Crippen MR) is 88.4 cm³/mol. The third-order valence-electron chi connectivity index (χ3n) is 3.59. The number of nitrogens with zero attached hydrogens (tertiary/aromatic N) is 1. The molecule has 0 saturated carbocycles. The fraction of sp³-hybridized carbons (Fsp3) is 0.400. The summed E-state index contributed by atoms with van der Waals surface area (Å²) in [6.07, 6.45) is 0.725. The number of hydrogen-bond acceptors (Lipinski definition) is 4. The first-order valence-corrected chi connectivity index (χ1v) is 8.13. The largest absolute Gasteiger partial charge is 0.353 e. The van der Waals surface area contributed by atoms with Crippen LogP contribution in [0.1, 0.15) is 24.4 Å². The lowest BCUT2D eigenvalue weighted by Gasteiger charge is -2.35. The lowest BCUT2D eigenvalue weighted by Crippen LogP contribution is -2.50. The molecule has 7 nitrogen and oxygen atoms in total. The molecule has 0 spiro atoms. The number of halogens is 1. The molecule has 1 aromatic rings. The van der Waals surface area contributed by atoms with Crippen molar-refractivity contribution in [1.29, 1.82) is 0 Å². The van der Waals surface area contributed by atoms with Gasteiger partial charge in [-0.25, -0.2) is 4.79 Å². The van der Waals surface area contributed by atoms with Crippen LogP contribution in [0.5, 0.6) is 0 Å². The number of imide groups is 1. The number of urea groups is 1. The summed E-state index contributed by atoms with van der Waals surface area (Å²) < 4.78 is 0.911. The number of hydrogen-bond donors (Lipinski definition) is 3. The summed E-state index contributed by atoms with van der Waals surface area (Å²) in [6, 6.07) is 6.40. The highest BCUT2D eigenvalue weighted by Gasteiger charge is 2.30. The molecule has 23 heavy (non-hydrogen) atoms. The van der Waals surface area contributed by atoms with Gasteiger partial charge < -0.3 is 11.1 Å². The maximum absolute atomic E-state index is 12.3. The third kappa shape index (κ3) is 5.04. The number of nitrogens with one attached hydrogen (secondary N) is 2. The summed E-state index contributed by atoms with van der Waals surface area (Å²) in [5.41, 5.74) is 5.80. The van der Waals surface area contributed by atoms with Gasteiger partial charge in [0.25, 0.3) is 0 Å². The van der Waals surface area contributed by atoms with Crippen molar-refractivity contribution in [2.75, 3.05) is 19.6 Å². The number of piperazine rings is 1. The van der Waals surface area contributed by atoms with Crippen molar-refractivity contribution in [2.45, 2.75) is 18.9 Å². The van der Waals surface area contributed by atoms with Gasteiger partial charge in [-0.15, -0.1) is 0 Å². The molecular formula is C15H19BrN4O3. The molecule has 0 bridgehead atoms. The Kier molecular flexibility index (Phi) is 6.12. The van der Waals surface area contributed by atoms with Crippen LogP contribution < -0.4 is 16.4 Å². The number of carbonyl (C=O) groups excluding carboxylic acids is 3. The Labute approximate surface area is 142 Å². The smallest absolute Gasteiger partial charge is 0.318 e. The minimum Gasteiger partial charge on any atom is -0.353 e. The predicted octanol–water partition coefficient (Wildman–Crippen LogP) is 0.897. The summed E-state index contributed by atoms with van der Waals surface area (Å²) in [5, 5.41) is 4.90. The lowest BCUT2D eigenvalue weighted by atomic mass is 10.0. The van der Waals surface area contributed by atoms with Gasteiger partial charge >= 0.3 is 6.03 Å². The van der Waals surface area contributed by atoms with E-state index in [2.05, 4.69) is 21.2 Å². The van der Waals surface area contributed by atoms with E-state index in [1.807, 2.05) is 34.5 Å². The number of carbonyl (C=O) groups is 3. The zero-order valence-electron chi connectivity index (χ0n) is 12.5. The molecule has 1 unspecified atom stereocenters. The van der Waals surface area contributed by atoms with Crippen LogP contribution in [0.3, 0.4) is 0 Å². The van der Waals surface area contributed by atoms with Crippen molar-refractivity contribution in [3.63, 3.8) is 0 Å². The molecule has 0 aromatic heterocycles. The van der Waals surface area contributed by atoms with Crippen molar-refractivity contribution in [1.82, 2.24) is 15.5 Å². The second-order valence-corrected chi connectivity index (χ2v) is 6.22. The fourth-order valence-corrected chi connectivity index (χ4v) is 3.05. The first kappa shape index (κ1) is 17.4. The first-order valence-electron chi connectivity index (χ1n) is 7.34. The van der Waals surface area contributed by atoms with E-state index in [1.54, 1.807) is 0 Å². The van der Waals surface area contributed by atoms with E-state index in [0.29, 0.717) is 26.1 Å². The summed E-state index contributed by atoms with van der Waals surface area (Å²) in [5.74, 6) is -0.450. The van der Waals surface area contributed by atoms with Gasteiger partial charge in [-0.2, -0.15) is 0 Å². The van der Waals surface area contributed by atoms with E-state index in [9.17, 15) is 14.4 Å². The van der Waals surface area contributed by atoms with E-state index in [-0.39, 0.29) is 18.4 Å². The highest BCUT2D eigenvalue weighted by molar-refractivity contribution is 9.10. The Bertz CT molecular complexity index is 608. The Morgan fingerprint density at radius 2 is 2.22 bits per heavy atom. The SMILES string of the molecule is NC(=O)NC(=O)CCCN1CCNC(=O)C1c1cccc(Br)c1. The standard InChI is InChI=1S/C15H19BrN4O3/c16-11-4-1-3-10(9-11)13-14(22)18-6-8-20(13)7-2-5-12(21)19-15(17)23/h1,3-4,9,13H,2,5-8H2,(H,18,22)(H3,17,19,21,23). The van der Waals surface area contributed by atoms with Crippen LogP contribution in [0, 0.1) is 0 Å². The topological polar surface area (TPSA) is 105 Å². The van der Waals surface area contributed by atoms with E-state index in [4.69, 9.17) is 5.73 Å². The second kappa shape index (κ2) is 8.07.